The number of rotatable bonds is 4. The second kappa shape index (κ2) is 7.41. The summed E-state index contributed by atoms with van der Waals surface area (Å²) >= 11 is 12.3. The fraction of sp³-hybridized carbons (Fsp3) is 0.190. The van der Waals surface area contributed by atoms with E-state index in [2.05, 4.69) is 15.0 Å². The van der Waals surface area contributed by atoms with E-state index in [0.717, 1.165) is 28.0 Å². The van der Waals surface area contributed by atoms with Crippen LogP contribution in [0.3, 0.4) is 0 Å². The first-order valence-electron chi connectivity index (χ1n) is 8.67. The molecule has 0 spiro atoms. The van der Waals surface area contributed by atoms with Crippen LogP contribution in [0.15, 0.2) is 40.8 Å². The van der Waals surface area contributed by atoms with Gasteiger partial charge in [-0.25, -0.2) is 9.97 Å². The van der Waals surface area contributed by atoms with Crippen molar-refractivity contribution < 1.29 is 9.15 Å². The standard InChI is InChI=1S/C21H17Cl2N3O2/c1-11-8-14(9-12(2)18(11)27-3)20-26-17-19(23)24-16(25-21(17)28-20)10-13-4-6-15(22)7-5-13/h4-9H,10H2,1-3H3. The van der Waals surface area contributed by atoms with Crippen molar-refractivity contribution >= 4 is 34.4 Å². The first kappa shape index (κ1) is 18.7. The summed E-state index contributed by atoms with van der Waals surface area (Å²) in [6, 6.07) is 11.5. The average Bonchev–Trinajstić information content (AvgIpc) is 3.08. The Bertz CT molecular complexity index is 1150. The van der Waals surface area contributed by atoms with Gasteiger partial charge in [0.25, 0.3) is 5.71 Å². The Morgan fingerprint density at radius 1 is 0.964 bits per heavy atom. The SMILES string of the molecule is COc1c(C)cc(-c2nc3c(Cl)nc(Cc4ccc(Cl)cc4)nc3o2)cc1C. The Labute approximate surface area is 172 Å². The molecule has 0 atom stereocenters. The fourth-order valence-electron chi connectivity index (χ4n) is 3.21. The summed E-state index contributed by atoms with van der Waals surface area (Å²) in [7, 11) is 1.66. The van der Waals surface area contributed by atoms with Gasteiger partial charge in [0, 0.05) is 17.0 Å². The van der Waals surface area contributed by atoms with Gasteiger partial charge in [-0.15, -0.1) is 0 Å². The number of aromatic nitrogens is 3. The molecule has 142 valence electrons. The summed E-state index contributed by atoms with van der Waals surface area (Å²) in [6.45, 7) is 3.96. The molecule has 28 heavy (non-hydrogen) atoms. The van der Waals surface area contributed by atoms with Gasteiger partial charge in [0.15, 0.2) is 10.7 Å². The third-order valence-corrected chi connectivity index (χ3v) is 4.96. The molecule has 4 aromatic rings. The third-order valence-electron chi connectivity index (χ3n) is 4.45. The number of hydrogen-bond donors (Lipinski definition) is 0. The molecule has 0 bridgehead atoms. The first-order chi connectivity index (χ1) is 13.4. The molecule has 2 aromatic carbocycles. The normalized spacial score (nSPS) is 11.2. The summed E-state index contributed by atoms with van der Waals surface area (Å²) in [6.07, 6.45) is 0.517. The van der Waals surface area contributed by atoms with Crippen molar-refractivity contribution in [2.24, 2.45) is 0 Å². The van der Waals surface area contributed by atoms with E-state index < -0.39 is 0 Å². The van der Waals surface area contributed by atoms with Gasteiger partial charge in [-0.3, -0.25) is 0 Å². The topological polar surface area (TPSA) is 61.0 Å². The highest BCUT2D eigenvalue weighted by Crippen LogP contribution is 2.32. The van der Waals surface area contributed by atoms with Crippen molar-refractivity contribution in [1.29, 1.82) is 0 Å². The summed E-state index contributed by atoms with van der Waals surface area (Å²) in [5, 5.41) is 0.953. The average molecular weight is 414 g/mol. The quantitative estimate of drug-likeness (QED) is 0.395. The van der Waals surface area contributed by atoms with E-state index in [1.165, 1.54) is 0 Å². The van der Waals surface area contributed by atoms with Crippen LogP contribution in [-0.4, -0.2) is 22.1 Å². The Morgan fingerprint density at radius 3 is 2.29 bits per heavy atom. The van der Waals surface area contributed by atoms with Crippen LogP contribution >= 0.6 is 23.2 Å². The van der Waals surface area contributed by atoms with Crippen molar-refractivity contribution in [1.82, 2.24) is 15.0 Å². The van der Waals surface area contributed by atoms with Gasteiger partial charge in [-0.2, -0.15) is 4.98 Å². The van der Waals surface area contributed by atoms with Gasteiger partial charge in [0.1, 0.15) is 11.6 Å². The third kappa shape index (κ3) is 3.55. The lowest BCUT2D eigenvalue weighted by Gasteiger charge is -2.09. The summed E-state index contributed by atoms with van der Waals surface area (Å²) in [5.41, 5.74) is 4.68. The van der Waals surface area contributed by atoms with Gasteiger partial charge >= 0.3 is 0 Å². The van der Waals surface area contributed by atoms with Crippen LogP contribution in [0.25, 0.3) is 22.7 Å². The zero-order chi connectivity index (χ0) is 19.8. The number of methoxy groups -OCH3 is 1. The number of hydrogen-bond acceptors (Lipinski definition) is 5. The number of ether oxygens (including phenoxy) is 1. The van der Waals surface area contributed by atoms with Crippen molar-refractivity contribution in [2.45, 2.75) is 20.3 Å². The van der Waals surface area contributed by atoms with E-state index in [-0.39, 0.29) is 5.15 Å². The molecule has 4 rings (SSSR count). The maximum absolute atomic E-state index is 6.35. The summed E-state index contributed by atoms with van der Waals surface area (Å²) in [4.78, 5) is 13.4. The van der Waals surface area contributed by atoms with Gasteiger partial charge in [0.05, 0.1) is 7.11 Å². The maximum Gasteiger partial charge on any atom is 0.252 e. The Balaban J connectivity index is 1.73. The van der Waals surface area contributed by atoms with Crippen molar-refractivity contribution in [3.8, 4) is 17.2 Å². The lowest BCUT2D eigenvalue weighted by Crippen LogP contribution is -1.97. The highest BCUT2D eigenvalue weighted by Gasteiger charge is 2.17. The van der Waals surface area contributed by atoms with Crippen LogP contribution in [0.5, 0.6) is 5.75 Å². The predicted octanol–water partition coefficient (Wildman–Crippen LogP) is 5.81. The van der Waals surface area contributed by atoms with E-state index in [4.69, 9.17) is 32.4 Å². The molecule has 5 nitrogen and oxygen atoms in total. The molecular formula is C21H17Cl2N3O2. The Hall–Kier alpha value is -2.63. The number of fused-ring (bicyclic) bond motifs is 1. The molecule has 0 saturated heterocycles. The molecule has 0 fully saturated rings. The first-order valence-corrected chi connectivity index (χ1v) is 9.43. The minimum Gasteiger partial charge on any atom is -0.496 e. The van der Waals surface area contributed by atoms with Crippen molar-refractivity contribution in [3.63, 3.8) is 0 Å². The van der Waals surface area contributed by atoms with Crippen LogP contribution in [0.4, 0.5) is 0 Å². The molecule has 0 saturated carbocycles. The van der Waals surface area contributed by atoms with Gasteiger partial charge < -0.3 is 9.15 Å². The predicted molar refractivity (Wildman–Crippen MR) is 110 cm³/mol. The highest BCUT2D eigenvalue weighted by atomic mass is 35.5. The number of aryl methyl sites for hydroxylation is 2. The van der Waals surface area contributed by atoms with Crippen molar-refractivity contribution in [3.05, 3.63) is 69.1 Å². The van der Waals surface area contributed by atoms with Crippen LogP contribution in [-0.2, 0) is 6.42 Å². The molecule has 7 heteroatoms. The van der Waals surface area contributed by atoms with Gasteiger partial charge in [0.2, 0.25) is 5.89 Å². The minimum absolute atomic E-state index is 0.269. The Morgan fingerprint density at radius 2 is 1.64 bits per heavy atom. The lowest BCUT2D eigenvalue weighted by atomic mass is 10.1. The summed E-state index contributed by atoms with van der Waals surface area (Å²) < 4.78 is 11.3. The monoisotopic (exact) mass is 413 g/mol. The second-order valence-electron chi connectivity index (χ2n) is 6.55. The number of nitrogens with zero attached hydrogens (tertiary/aromatic N) is 3. The van der Waals surface area contributed by atoms with Gasteiger partial charge in [-0.1, -0.05) is 35.3 Å². The molecule has 0 aliphatic rings. The largest absolute Gasteiger partial charge is 0.496 e. The number of halogens is 2. The van der Waals surface area contributed by atoms with E-state index >= 15 is 0 Å². The van der Waals surface area contributed by atoms with E-state index in [1.807, 2.05) is 50.2 Å². The minimum atomic E-state index is 0.269. The zero-order valence-corrected chi connectivity index (χ0v) is 17.1. The molecule has 0 radical (unpaired) electrons. The summed E-state index contributed by atoms with van der Waals surface area (Å²) in [5.74, 6) is 1.86. The van der Waals surface area contributed by atoms with Crippen LogP contribution < -0.4 is 4.74 Å². The molecule has 0 aliphatic heterocycles. The molecule has 0 amide bonds. The lowest BCUT2D eigenvalue weighted by molar-refractivity contribution is 0.408. The van der Waals surface area contributed by atoms with E-state index in [1.54, 1.807) is 7.11 Å². The molecule has 2 aromatic heterocycles. The van der Waals surface area contributed by atoms with Crippen LogP contribution in [0.2, 0.25) is 10.2 Å². The molecule has 0 aliphatic carbocycles. The number of benzene rings is 2. The van der Waals surface area contributed by atoms with Crippen molar-refractivity contribution in [2.75, 3.05) is 7.11 Å². The van der Waals surface area contributed by atoms with E-state index in [0.29, 0.717) is 34.4 Å². The maximum atomic E-state index is 6.35. The zero-order valence-electron chi connectivity index (χ0n) is 15.6. The smallest absolute Gasteiger partial charge is 0.252 e. The van der Waals surface area contributed by atoms with Crippen LogP contribution in [0, 0.1) is 13.8 Å². The number of oxazole rings is 1. The molecular weight excluding hydrogens is 397 g/mol. The van der Waals surface area contributed by atoms with Gasteiger partial charge in [-0.05, 0) is 54.8 Å². The Kier molecular flexibility index (Phi) is 4.96. The fourth-order valence-corrected chi connectivity index (χ4v) is 3.56. The second-order valence-corrected chi connectivity index (χ2v) is 7.34. The molecule has 2 heterocycles. The molecule has 0 N–H and O–H groups in total. The van der Waals surface area contributed by atoms with E-state index in [9.17, 15) is 0 Å². The highest BCUT2D eigenvalue weighted by molar-refractivity contribution is 6.33. The van der Waals surface area contributed by atoms with Crippen LogP contribution in [0.1, 0.15) is 22.5 Å². The molecule has 0 unspecified atom stereocenters.